The third-order valence-electron chi connectivity index (χ3n) is 5.24. The van der Waals surface area contributed by atoms with Crippen molar-refractivity contribution in [3.8, 4) is 0 Å². The lowest BCUT2D eigenvalue weighted by atomic mass is 9.69. The van der Waals surface area contributed by atoms with Gasteiger partial charge >= 0.3 is 0 Å². The summed E-state index contributed by atoms with van der Waals surface area (Å²) < 4.78 is 2.21. The van der Waals surface area contributed by atoms with E-state index in [2.05, 4.69) is 48.9 Å². The molecule has 1 aromatic heterocycles. The van der Waals surface area contributed by atoms with Gasteiger partial charge in [-0.3, -0.25) is 4.68 Å². The van der Waals surface area contributed by atoms with Crippen LogP contribution in [-0.2, 0) is 6.54 Å². The SMILES string of the molecule is CCCNCC1CCC(C(C)C)CC1c1ccnn1CC. The van der Waals surface area contributed by atoms with Crippen LogP contribution in [0.3, 0.4) is 0 Å². The van der Waals surface area contributed by atoms with Crippen LogP contribution in [0.5, 0.6) is 0 Å². The highest BCUT2D eigenvalue weighted by Crippen LogP contribution is 2.42. The molecule has 3 atom stereocenters. The summed E-state index contributed by atoms with van der Waals surface area (Å²) in [6.45, 7) is 12.5. The average Bonchev–Trinajstić information content (AvgIpc) is 2.96. The topological polar surface area (TPSA) is 29.9 Å². The molecule has 0 saturated heterocycles. The Kier molecular flexibility index (Phi) is 6.28. The van der Waals surface area contributed by atoms with Gasteiger partial charge in [-0.25, -0.2) is 0 Å². The van der Waals surface area contributed by atoms with Crippen LogP contribution in [-0.4, -0.2) is 22.9 Å². The van der Waals surface area contributed by atoms with Gasteiger partial charge in [-0.1, -0.05) is 20.8 Å². The number of hydrogen-bond donors (Lipinski definition) is 1. The van der Waals surface area contributed by atoms with Crippen molar-refractivity contribution in [1.29, 1.82) is 0 Å². The monoisotopic (exact) mass is 291 g/mol. The van der Waals surface area contributed by atoms with Gasteiger partial charge < -0.3 is 5.32 Å². The van der Waals surface area contributed by atoms with Crippen molar-refractivity contribution in [2.45, 2.75) is 65.8 Å². The third-order valence-corrected chi connectivity index (χ3v) is 5.24. The van der Waals surface area contributed by atoms with Crippen LogP contribution < -0.4 is 5.32 Å². The fourth-order valence-electron chi connectivity index (χ4n) is 3.86. The van der Waals surface area contributed by atoms with E-state index in [1.54, 1.807) is 0 Å². The van der Waals surface area contributed by atoms with E-state index < -0.39 is 0 Å². The Labute approximate surface area is 130 Å². The second-order valence-electron chi connectivity index (χ2n) is 6.96. The molecule has 3 nitrogen and oxygen atoms in total. The van der Waals surface area contributed by atoms with Gasteiger partial charge in [0.25, 0.3) is 0 Å². The lowest BCUT2D eigenvalue weighted by Gasteiger charge is -2.38. The van der Waals surface area contributed by atoms with Gasteiger partial charge in [-0.2, -0.15) is 5.10 Å². The first kappa shape index (κ1) is 16.5. The van der Waals surface area contributed by atoms with E-state index >= 15 is 0 Å². The summed E-state index contributed by atoms with van der Waals surface area (Å²) >= 11 is 0. The molecule has 0 spiro atoms. The summed E-state index contributed by atoms with van der Waals surface area (Å²) in [7, 11) is 0. The standard InChI is InChI=1S/C18H33N3/c1-5-10-19-13-16-8-7-15(14(3)4)12-17(16)18-9-11-20-21(18)6-2/h9,11,14-17,19H,5-8,10,12-13H2,1-4H3. The molecule has 1 aliphatic carbocycles. The third kappa shape index (κ3) is 4.09. The molecule has 1 aliphatic rings. The Morgan fingerprint density at radius 2 is 2.14 bits per heavy atom. The molecule has 1 aromatic rings. The average molecular weight is 291 g/mol. The highest BCUT2D eigenvalue weighted by Gasteiger charge is 2.34. The summed E-state index contributed by atoms with van der Waals surface area (Å²) in [5.41, 5.74) is 1.46. The van der Waals surface area contributed by atoms with Crippen molar-refractivity contribution in [2.75, 3.05) is 13.1 Å². The van der Waals surface area contributed by atoms with E-state index in [9.17, 15) is 0 Å². The molecule has 3 unspecified atom stereocenters. The number of nitrogens with zero attached hydrogens (tertiary/aromatic N) is 2. The van der Waals surface area contributed by atoms with E-state index in [-0.39, 0.29) is 0 Å². The van der Waals surface area contributed by atoms with Crippen molar-refractivity contribution in [3.05, 3.63) is 18.0 Å². The van der Waals surface area contributed by atoms with Gasteiger partial charge in [0, 0.05) is 24.4 Å². The first-order valence-electron chi connectivity index (χ1n) is 8.89. The smallest absolute Gasteiger partial charge is 0.0492 e. The summed E-state index contributed by atoms with van der Waals surface area (Å²) in [5.74, 6) is 3.12. The van der Waals surface area contributed by atoms with Gasteiger partial charge in [0.1, 0.15) is 0 Å². The van der Waals surface area contributed by atoms with Crippen molar-refractivity contribution in [3.63, 3.8) is 0 Å². The van der Waals surface area contributed by atoms with E-state index in [0.29, 0.717) is 5.92 Å². The zero-order chi connectivity index (χ0) is 15.2. The van der Waals surface area contributed by atoms with Gasteiger partial charge in [-0.05, 0) is 69.5 Å². The Bertz CT molecular complexity index is 410. The second kappa shape index (κ2) is 7.98. The number of hydrogen-bond acceptors (Lipinski definition) is 2. The minimum atomic E-state index is 0.679. The number of aryl methyl sites for hydroxylation is 1. The molecular weight excluding hydrogens is 258 g/mol. The van der Waals surface area contributed by atoms with Crippen molar-refractivity contribution < 1.29 is 0 Å². The van der Waals surface area contributed by atoms with E-state index in [0.717, 1.165) is 37.4 Å². The molecular formula is C18H33N3. The fraction of sp³-hybridized carbons (Fsp3) is 0.833. The highest BCUT2D eigenvalue weighted by atomic mass is 15.3. The molecule has 1 N–H and O–H groups in total. The largest absolute Gasteiger partial charge is 0.316 e. The van der Waals surface area contributed by atoms with Crippen molar-refractivity contribution >= 4 is 0 Å². The summed E-state index contributed by atoms with van der Waals surface area (Å²) in [6, 6.07) is 2.25. The maximum absolute atomic E-state index is 4.51. The van der Waals surface area contributed by atoms with Crippen LogP contribution in [0.15, 0.2) is 12.3 Å². The predicted molar refractivity (Wildman–Crippen MR) is 89.5 cm³/mol. The van der Waals surface area contributed by atoms with Gasteiger partial charge in [0.05, 0.1) is 0 Å². The summed E-state index contributed by atoms with van der Waals surface area (Å²) in [6.07, 6.45) is 7.29. The van der Waals surface area contributed by atoms with Crippen LogP contribution in [0.25, 0.3) is 0 Å². The molecule has 0 aromatic carbocycles. The zero-order valence-corrected chi connectivity index (χ0v) is 14.3. The van der Waals surface area contributed by atoms with Crippen molar-refractivity contribution in [2.24, 2.45) is 17.8 Å². The maximum Gasteiger partial charge on any atom is 0.0492 e. The summed E-state index contributed by atoms with van der Waals surface area (Å²) in [4.78, 5) is 0. The van der Waals surface area contributed by atoms with Crippen LogP contribution in [0.1, 0.15) is 65.0 Å². The maximum atomic E-state index is 4.51. The minimum absolute atomic E-state index is 0.679. The second-order valence-corrected chi connectivity index (χ2v) is 6.96. The minimum Gasteiger partial charge on any atom is -0.316 e. The zero-order valence-electron chi connectivity index (χ0n) is 14.3. The van der Waals surface area contributed by atoms with Crippen LogP contribution in [0, 0.1) is 17.8 Å². The van der Waals surface area contributed by atoms with Gasteiger partial charge in [0.15, 0.2) is 0 Å². The molecule has 0 radical (unpaired) electrons. The van der Waals surface area contributed by atoms with E-state index in [1.807, 2.05) is 6.20 Å². The van der Waals surface area contributed by atoms with Crippen molar-refractivity contribution in [1.82, 2.24) is 15.1 Å². The predicted octanol–water partition coefficient (Wildman–Crippen LogP) is 4.06. The van der Waals surface area contributed by atoms with Gasteiger partial charge in [-0.15, -0.1) is 0 Å². The quantitative estimate of drug-likeness (QED) is 0.768. The van der Waals surface area contributed by atoms with Gasteiger partial charge in [0.2, 0.25) is 0 Å². The lowest BCUT2D eigenvalue weighted by Crippen LogP contribution is -2.34. The Hall–Kier alpha value is -0.830. The highest BCUT2D eigenvalue weighted by molar-refractivity contribution is 5.12. The van der Waals surface area contributed by atoms with Crippen LogP contribution in [0.2, 0.25) is 0 Å². The molecule has 1 saturated carbocycles. The molecule has 0 amide bonds. The molecule has 2 rings (SSSR count). The Morgan fingerprint density at radius 1 is 1.33 bits per heavy atom. The molecule has 120 valence electrons. The molecule has 1 fully saturated rings. The first-order chi connectivity index (χ1) is 10.2. The number of aromatic nitrogens is 2. The molecule has 3 heteroatoms. The molecule has 21 heavy (non-hydrogen) atoms. The van der Waals surface area contributed by atoms with E-state index in [4.69, 9.17) is 0 Å². The van der Waals surface area contributed by atoms with Crippen LogP contribution >= 0.6 is 0 Å². The molecule has 0 aliphatic heterocycles. The summed E-state index contributed by atoms with van der Waals surface area (Å²) in [5, 5.41) is 8.16. The lowest BCUT2D eigenvalue weighted by molar-refractivity contribution is 0.184. The Morgan fingerprint density at radius 3 is 2.81 bits per heavy atom. The Balaban J connectivity index is 2.12. The molecule has 1 heterocycles. The van der Waals surface area contributed by atoms with E-state index in [1.165, 1.54) is 31.4 Å². The number of nitrogens with one attached hydrogen (secondary N) is 1. The van der Waals surface area contributed by atoms with Crippen LogP contribution in [0.4, 0.5) is 0 Å². The molecule has 0 bridgehead atoms. The fourth-order valence-corrected chi connectivity index (χ4v) is 3.86. The normalized spacial score (nSPS) is 26.4. The first-order valence-corrected chi connectivity index (χ1v) is 8.89. The number of rotatable bonds is 7.